The third-order valence-electron chi connectivity index (χ3n) is 4.09. The van der Waals surface area contributed by atoms with Gasteiger partial charge < -0.3 is 19.2 Å². The molecule has 0 fully saturated rings. The minimum Gasteiger partial charge on any atom is -0.483 e. The highest BCUT2D eigenvalue weighted by molar-refractivity contribution is 7.99. The van der Waals surface area contributed by atoms with Crippen molar-refractivity contribution in [2.75, 3.05) is 18.2 Å². The Morgan fingerprint density at radius 1 is 1.10 bits per heavy atom. The van der Waals surface area contributed by atoms with Crippen molar-refractivity contribution in [3.8, 4) is 5.75 Å². The molecule has 0 radical (unpaired) electrons. The van der Waals surface area contributed by atoms with Crippen LogP contribution in [0.2, 0.25) is 0 Å². The van der Waals surface area contributed by atoms with E-state index in [1.807, 2.05) is 32.0 Å². The number of nitrogens with zero attached hydrogens (tertiary/aromatic N) is 2. The molecule has 0 saturated carbocycles. The van der Waals surface area contributed by atoms with Crippen molar-refractivity contribution < 1.29 is 23.5 Å². The Morgan fingerprint density at radius 2 is 1.83 bits per heavy atom. The van der Waals surface area contributed by atoms with Crippen LogP contribution in [0, 0.1) is 13.8 Å². The molecule has 0 unspecified atom stereocenters. The van der Waals surface area contributed by atoms with Gasteiger partial charge in [0.15, 0.2) is 6.61 Å². The van der Waals surface area contributed by atoms with Gasteiger partial charge in [-0.15, -0.1) is 10.2 Å². The third kappa shape index (κ3) is 5.60. The molecule has 1 aromatic heterocycles. The number of hydrogen-bond acceptors (Lipinski definition) is 8. The van der Waals surface area contributed by atoms with Crippen molar-refractivity contribution in [3.05, 3.63) is 65.0 Å². The van der Waals surface area contributed by atoms with E-state index in [4.69, 9.17) is 9.15 Å². The lowest BCUT2D eigenvalue weighted by Gasteiger charge is -2.09. The van der Waals surface area contributed by atoms with E-state index in [0.29, 0.717) is 17.1 Å². The van der Waals surface area contributed by atoms with Gasteiger partial charge in [0, 0.05) is 5.69 Å². The molecule has 0 aliphatic heterocycles. The summed E-state index contributed by atoms with van der Waals surface area (Å²) in [5.74, 6) is 0.447. The highest BCUT2D eigenvalue weighted by atomic mass is 32.2. The predicted octanol–water partition coefficient (Wildman–Crippen LogP) is 3.78. The van der Waals surface area contributed by atoms with E-state index in [0.717, 1.165) is 28.6 Å². The number of ether oxygens (including phenoxy) is 2. The van der Waals surface area contributed by atoms with Crippen molar-refractivity contribution in [1.29, 1.82) is 0 Å². The number of carbonyl (C=O) groups is 2. The first-order chi connectivity index (χ1) is 14.5. The fourth-order valence-electron chi connectivity index (χ4n) is 2.68. The topological polar surface area (TPSA) is 104 Å². The predicted molar refractivity (Wildman–Crippen MR) is 112 cm³/mol. The Hall–Kier alpha value is -3.33. The molecule has 0 bridgehead atoms. The van der Waals surface area contributed by atoms with Crippen LogP contribution in [0.5, 0.6) is 5.75 Å². The zero-order valence-corrected chi connectivity index (χ0v) is 17.6. The minimum atomic E-state index is -0.470. The summed E-state index contributed by atoms with van der Waals surface area (Å²) in [5.41, 5.74) is 2.90. The summed E-state index contributed by atoms with van der Waals surface area (Å²) in [4.78, 5) is 23.7. The minimum absolute atomic E-state index is 0.0713. The molecule has 1 N–H and O–H groups in total. The maximum atomic E-state index is 12.2. The Kier molecular flexibility index (Phi) is 7.08. The Bertz CT molecular complexity index is 1030. The lowest BCUT2D eigenvalue weighted by atomic mass is 10.1. The average molecular weight is 427 g/mol. The summed E-state index contributed by atoms with van der Waals surface area (Å²) in [6.07, 6.45) is 0. The molecule has 3 aromatic rings. The highest BCUT2D eigenvalue weighted by Gasteiger charge is 2.13. The summed E-state index contributed by atoms with van der Waals surface area (Å²) in [6, 6.07) is 12.4. The normalized spacial score (nSPS) is 10.5. The van der Waals surface area contributed by atoms with Crippen LogP contribution in [-0.2, 0) is 16.1 Å². The van der Waals surface area contributed by atoms with Crippen molar-refractivity contribution >= 4 is 29.3 Å². The van der Waals surface area contributed by atoms with Gasteiger partial charge in [0.1, 0.15) is 5.75 Å². The molecular weight excluding hydrogens is 406 g/mol. The van der Waals surface area contributed by atoms with E-state index in [2.05, 4.69) is 20.3 Å². The van der Waals surface area contributed by atoms with Crippen molar-refractivity contribution in [2.24, 2.45) is 0 Å². The van der Waals surface area contributed by atoms with Crippen LogP contribution < -0.4 is 10.1 Å². The molecule has 1 amide bonds. The molecule has 156 valence electrons. The Morgan fingerprint density at radius 3 is 2.57 bits per heavy atom. The fourth-order valence-corrected chi connectivity index (χ4v) is 3.26. The van der Waals surface area contributed by atoms with Gasteiger partial charge in [0.2, 0.25) is 5.91 Å². The molecule has 8 nitrogen and oxygen atoms in total. The number of aromatic nitrogens is 2. The number of thioether (sulfide) groups is 1. The van der Waals surface area contributed by atoms with Crippen LogP contribution in [0.25, 0.3) is 0 Å². The molecule has 30 heavy (non-hydrogen) atoms. The van der Waals surface area contributed by atoms with Gasteiger partial charge in [-0.3, -0.25) is 4.79 Å². The summed E-state index contributed by atoms with van der Waals surface area (Å²) < 4.78 is 16.0. The largest absolute Gasteiger partial charge is 0.483 e. The van der Waals surface area contributed by atoms with Crippen LogP contribution in [0.3, 0.4) is 0 Å². The number of benzene rings is 2. The third-order valence-corrected chi connectivity index (χ3v) is 4.91. The van der Waals surface area contributed by atoms with E-state index in [9.17, 15) is 9.59 Å². The first-order valence-electron chi connectivity index (χ1n) is 9.08. The van der Waals surface area contributed by atoms with Gasteiger partial charge in [-0.1, -0.05) is 36.0 Å². The Labute approximate surface area is 178 Å². The first-order valence-corrected chi connectivity index (χ1v) is 10.1. The molecule has 0 atom stereocenters. The highest BCUT2D eigenvalue weighted by Crippen LogP contribution is 2.24. The van der Waals surface area contributed by atoms with Crippen LogP contribution in [0.4, 0.5) is 5.69 Å². The number of esters is 1. The fraction of sp³-hybridized carbons (Fsp3) is 0.238. The number of amides is 1. The molecule has 0 saturated heterocycles. The lowest BCUT2D eigenvalue weighted by Crippen LogP contribution is -2.14. The van der Waals surface area contributed by atoms with E-state index in [1.165, 1.54) is 7.11 Å². The maximum Gasteiger partial charge on any atom is 0.337 e. The number of rotatable bonds is 8. The SMILES string of the molecule is COC(=O)c1cccc(NC(=O)CSc2nnc(COc3c(C)cccc3C)o2)c1. The molecule has 1 heterocycles. The zero-order chi connectivity index (χ0) is 21.5. The molecule has 0 aliphatic carbocycles. The molecule has 0 spiro atoms. The van der Waals surface area contributed by atoms with Crippen LogP contribution in [-0.4, -0.2) is 34.9 Å². The van der Waals surface area contributed by atoms with Crippen molar-refractivity contribution in [1.82, 2.24) is 10.2 Å². The van der Waals surface area contributed by atoms with Crippen LogP contribution in [0.1, 0.15) is 27.4 Å². The van der Waals surface area contributed by atoms with Gasteiger partial charge >= 0.3 is 5.97 Å². The molecule has 0 aliphatic rings. The van der Waals surface area contributed by atoms with E-state index < -0.39 is 5.97 Å². The van der Waals surface area contributed by atoms with Gasteiger partial charge in [0.25, 0.3) is 11.1 Å². The summed E-state index contributed by atoms with van der Waals surface area (Å²) in [5, 5.41) is 10.9. The van der Waals surface area contributed by atoms with Crippen molar-refractivity contribution in [3.63, 3.8) is 0 Å². The van der Waals surface area contributed by atoms with E-state index in [-0.39, 0.29) is 23.5 Å². The standard InChI is InChI=1S/C21H21N3O5S/c1-13-6-4-7-14(2)19(13)28-11-18-23-24-21(29-18)30-12-17(25)22-16-9-5-8-15(10-16)20(26)27-3/h4-10H,11-12H2,1-3H3,(H,22,25). The molecule has 9 heteroatoms. The molecule has 3 rings (SSSR count). The summed E-state index contributed by atoms with van der Waals surface area (Å²) in [6.45, 7) is 4.08. The number of carbonyl (C=O) groups excluding carboxylic acids is 2. The second kappa shape index (κ2) is 9.93. The molecular formula is C21H21N3O5S. The second-order valence-corrected chi connectivity index (χ2v) is 7.31. The van der Waals surface area contributed by atoms with Crippen molar-refractivity contribution in [2.45, 2.75) is 25.7 Å². The van der Waals surface area contributed by atoms with E-state index in [1.54, 1.807) is 24.3 Å². The van der Waals surface area contributed by atoms with Crippen LogP contribution >= 0.6 is 11.8 Å². The van der Waals surface area contributed by atoms with Gasteiger partial charge in [-0.2, -0.15) is 0 Å². The summed E-state index contributed by atoms with van der Waals surface area (Å²) in [7, 11) is 1.30. The smallest absolute Gasteiger partial charge is 0.337 e. The van der Waals surface area contributed by atoms with Crippen LogP contribution in [0.15, 0.2) is 52.1 Å². The van der Waals surface area contributed by atoms with Gasteiger partial charge in [-0.25, -0.2) is 4.79 Å². The lowest BCUT2D eigenvalue weighted by molar-refractivity contribution is -0.113. The quantitative estimate of drug-likeness (QED) is 0.428. The maximum absolute atomic E-state index is 12.2. The number of nitrogens with one attached hydrogen (secondary N) is 1. The van der Waals surface area contributed by atoms with Gasteiger partial charge in [-0.05, 0) is 43.2 Å². The average Bonchev–Trinajstić information content (AvgIpc) is 3.19. The zero-order valence-electron chi connectivity index (χ0n) is 16.8. The number of anilines is 1. The van der Waals surface area contributed by atoms with E-state index >= 15 is 0 Å². The molecule has 2 aromatic carbocycles. The number of aryl methyl sites for hydroxylation is 2. The Balaban J connectivity index is 1.50. The number of para-hydroxylation sites is 1. The first kappa shape index (κ1) is 21.4. The second-order valence-electron chi connectivity index (χ2n) is 6.38. The monoisotopic (exact) mass is 427 g/mol. The summed E-state index contributed by atoms with van der Waals surface area (Å²) >= 11 is 1.11. The van der Waals surface area contributed by atoms with Gasteiger partial charge in [0.05, 0.1) is 18.4 Å². The number of methoxy groups -OCH3 is 1. The number of hydrogen-bond donors (Lipinski definition) is 1.